The molecule has 0 saturated carbocycles. The Kier molecular flexibility index (Phi) is 8.25. The standard InChI is InChI=1S/C32H24Cl4N2O2/c1-19-8-13-29-26(14-19)30(20(2)37(29)17-21-9-11-23(33)15-27(21)35)31(39)32(40)38(25-6-4-3-5-7-25)18-22-10-12-24(34)16-28(22)36/h3-16H,17-18H2,1-2H3. The fourth-order valence-electron chi connectivity index (χ4n) is 4.84. The molecule has 0 atom stereocenters. The Bertz CT molecular complexity index is 1760. The lowest BCUT2D eigenvalue weighted by Crippen LogP contribution is -2.36. The molecule has 202 valence electrons. The number of aryl methyl sites for hydroxylation is 1. The summed E-state index contributed by atoms with van der Waals surface area (Å²) in [6.45, 7) is 4.31. The highest BCUT2D eigenvalue weighted by Crippen LogP contribution is 2.32. The lowest BCUT2D eigenvalue weighted by atomic mass is 10.0. The van der Waals surface area contributed by atoms with E-state index in [0.29, 0.717) is 54.5 Å². The van der Waals surface area contributed by atoms with Crippen molar-refractivity contribution in [1.82, 2.24) is 4.57 Å². The average molecular weight is 610 g/mol. The smallest absolute Gasteiger partial charge is 0.299 e. The molecule has 1 amide bonds. The highest BCUT2D eigenvalue weighted by Gasteiger charge is 2.30. The maximum Gasteiger partial charge on any atom is 0.299 e. The van der Waals surface area contributed by atoms with Crippen molar-refractivity contribution in [2.24, 2.45) is 0 Å². The second-order valence-electron chi connectivity index (χ2n) is 9.59. The van der Waals surface area contributed by atoms with Crippen LogP contribution in [-0.2, 0) is 17.9 Å². The van der Waals surface area contributed by atoms with Gasteiger partial charge in [-0.05, 0) is 73.5 Å². The fourth-order valence-corrected chi connectivity index (χ4v) is 5.78. The van der Waals surface area contributed by atoms with Crippen LogP contribution in [-0.4, -0.2) is 16.3 Å². The SMILES string of the molecule is Cc1ccc2c(c1)c(C(=O)C(=O)N(Cc1ccc(Cl)cc1Cl)c1ccccc1)c(C)n2Cc1ccc(Cl)cc1Cl. The maximum atomic E-state index is 14.1. The van der Waals surface area contributed by atoms with Crippen molar-refractivity contribution >= 4 is 74.7 Å². The lowest BCUT2D eigenvalue weighted by molar-refractivity contribution is -0.114. The Balaban J connectivity index is 1.60. The van der Waals surface area contributed by atoms with E-state index >= 15 is 0 Å². The van der Waals surface area contributed by atoms with Crippen LogP contribution in [0.5, 0.6) is 0 Å². The molecule has 5 aromatic rings. The predicted molar refractivity (Wildman–Crippen MR) is 165 cm³/mol. The minimum Gasteiger partial charge on any atom is -0.340 e. The number of rotatable bonds is 7. The van der Waals surface area contributed by atoms with Crippen molar-refractivity contribution in [1.29, 1.82) is 0 Å². The zero-order valence-electron chi connectivity index (χ0n) is 21.7. The molecular weight excluding hydrogens is 586 g/mol. The van der Waals surface area contributed by atoms with Crippen molar-refractivity contribution in [2.75, 3.05) is 4.90 Å². The van der Waals surface area contributed by atoms with Crippen LogP contribution in [0.3, 0.4) is 0 Å². The third-order valence-electron chi connectivity index (χ3n) is 6.90. The van der Waals surface area contributed by atoms with Gasteiger partial charge in [0.05, 0.1) is 12.1 Å². The first-order valence-corrected chi connectivity index (χ1v) is 14.0. The Hall–Kier alpha value is -3.28. The first-order valence-electron chi connectivity index (χ1n) is 12.5. The van der Waals surface area contributed by atoms with Gasteiger partial charge in [0, 0.05) is 48.9 Å². The summed E-state index contributed by atoms with van der Waals surface area (Å²) in [5.74, 6) is -1.27. The van der Waals surface area contributed by atoms with E-state index < -0.39 is 11.7 Å². The van der Waals surface area contributed by atoms with Crippen LogP contribution in [0.1, 0.15) is 32.7 Å². The number of Topliss-reactive ketones (excluding diaryl/α,β-unsaturated/α-hetero) is 1. The van der Waals surface area contributed by atoms with Crippen LogP contribution in [0.2, 0.25) is 20.1 Å². The molecule has 0 aliphatic carbocycles. The normalized spacial score (nSPS) is 11.2. The summed E-state index contributed by atoms with van der Waals surface area (Å²) in [4.78, 5) is 29.6. The number of nitrogens with zero attached hydrogens (tertiary/aromatic N) is 2. The average Bonchev–Trinajstić information content (AvgIpc) is 3.19. The molecule has 0 spiro atoms. The third-order valence-corrected chi connectivity index (χ3v) is 8.07. The molecule has 1 heterocycles. The molecule has 4 nitrogen and oxygen atoms in total. The molecule has 0 bridgehead atoms. The summed E-state index contributed by atoms with van der Waals surface area (Å²) >= 11 is 25.1. The summed E-state index contributed by atoms with van der Waals surface area (Å²) in [6.07, 6.45) is 0. The highest BCUT2D eigenvalue weighted by molar-refractivity contribution is 6.49. The number of hydrogen-bond donors (Lipinski definition) is 0. The van der Waals surface area contributed by atoms with Gasteiger partial charge >= 0.3 is 0 Å². The summed E-state index contributed by atoms with van der Waals surface area (Å²) in [7, 11) is 0. The summed E-state index contributed by atoms with van der Waals surface area (Å²) in [6, 6.07) is 25.4. The van der Waals surface area contributed by atoms with Gasteiger partial charge in [0.2, 0.25) is 0 Å². The number of para-hydroxylation sites is 1. The molecule has 1 aromatic heterocycles. The Morgan fingerprint density at radius 2 is 1.38 bits per heavy atom. The first-order chi connectivity index (χ1) is 19.1. The largest absolute Gasteiger partial charge is 0.340 e. The highest BCUT2D eigenvalue weighted by atomic mass is 35.5. The molecule has 40 heavy (non-hydrogen) atoms. The van der Waals surface area contributed by atoms with Crippen molar-refractivity contribution < 1.29 is 9.59 Å². The monoisotopic (exact) mass is 608 g/mol. The Morgan fingerprint density at radius 3 is 2.00 bits per heavy atom. The van der Waals surface area contributed by atoms with E-state index in [1.165, 1.54) is 4.90 Å². The summed E-state index contributed by atoms with van der Waals surface area (Å²) < 4.78 is 2.01. The third kappa shape index (κ3) is 5.63. The molecule has 0 fully saturated rings. The summed E-state index contributed by atoms with van der Waals surface area (Å²) in [5.41, 5.74) is 4.93. The van der Waals surface area contributed by atoms with Crippen molar-refractivity contribution in [3.05, 3.63) is 133 Å². The number of anilines is 1. The number of ketones is 1. The van der Waals surface area contributed by atoms with Crippen molar-refractivity contribution in [2.45, 2.75) is 26.9 Å². The van der Waals surface area contributed by atoms with E-state index in [0.717, 1.165) is 16.6 Å². The van der Waals surface area contributed by atoms with Gasteiger partial charge in [0.25, 0.3) is 11.7 Å². The van der Waals surface area contributed by atoms with Crippen LogP contribution in [0.25, 0.3) is 10.9 Å². The van der Waals surface area contributed by atoms with Crippen LogP contribution >= 0.6 is 46.4 Å². The molecule has 0 N–H and O–H groups in total. The number of halogens is 4. The van der Waals surface area contributed by atoms with Crippen molar-refractivity contribution in [3.63, 3.8) is 0 Å². The topological polar surface area (TPSA) is 42.3 Å². The number of benzene rings is 4. The molecule has 0 aliphatic heterocycles. The molecule has 0 unspecified atom stereocenters. The van der Waals surface area contributed by atoms with Crippen LogP contribution < -0.4 is 4.90 Å². The second-order valence-corrected chi connectivity index (χ2v) is 11.3. The molecule has 0 aliphatic rings. The van der Waals surface area contributed by atoms with E-state index in [9.17, 15) is 9.59 Å². The number of hydrogen-bond acceptors (Lipinski definition) is 2. The fraction of sp³-hybridized carbons (Fsp3) is 0.125. The van der Waals surface area contributed by atoms with E-state index in [1.54, 1.807) is 42.5 Å². The van der Waals surface area contributed by atoms with Crippen LogP contribution in [0, 0.1) is 13.8 Å². The van der Waals surface area contributed by atoms with Gasteiger partial charge in [-0.25, -0.2) is 0 Å². The zero-order chi connectivity index (χ0) is 28.6. The van der Waals surface area contributed by atoms with E-state index in [-0.39, 0.29) is 6.54 Å². The number of carbonyl (C=O) groups is 2. The molecule has 5 rings (SSSR count). The van der Waals surface area contributed by atoms with Gasteiger partial charge in [-0.1, -0.05) is 88.4 Å². The van der Waals surface area contributed by atoms with E-state index in [4.69, 9.17) is 46.4 Å². The zero-order valence-corrected chi connectivity index (χ0v) is 24.7. The Morgan fingerprint density at radius 1 is 0.750 bits per heavy atom. The minimum atomic E-state index is -0.662. The number of aromatic nitrogens is 1. The maximum absolute atomic E-state index is 14.1. The van der Waals surface area contributed by atoms with Gasteiger partial charge in [0.15, 0.2) is 0 Å². The number of amides is 1. The minimum absolute atomic E-state index is 0.0989. The molecule has 0 radical (unpaired) electrons. The van der Waals surface area contributed by atoms with Gasteiger partial charge in [-0.2, -0.15) is 0 Å². The molecule has 0 saturated heterocycles. The molecule has 8 heteroatoms. The summed E-state index contributed by atoms with van der Waals surface area (Å²) in [5, 5.41) is 2.68. The van der Waals surface area contributed by atoms with E-state index in [2.05, 4.69) is 0 Å². The Labute approximate surface area is 252 Å². The predicted octanol–water partition coefficient (Wildman–Crippen LogP) is 9.34. The quantitative estimate of drug-likeness (QED) is 0.136. The van der Waals surface area contributed by atoms with Crippen LogP contribution in [0.15, 0.2) is 84.9 Å². The first kappa shape index (κ1) is 28.3. The van der Waals surface area contributed by atoms with Gasteiger partial charge in [0.1, 0.15) is 0 Å². The second kappa shape index (κ2) is 11.7. The van der Waals surface area contributed by atoms with Gasteiger partial charge in [-0.3, -0.25) is 9.59 Å². The molecular formula is C32H24Cl4N2O2. The van der Waals surface area contributed by atoms with Gasteiger partial charge < -0.3 is 9.47 Å². The number of fused-ring (bicyclic) bond motifs is 1. The number of carbonyl (C=O) groups excluding carboxylic acids is 2. The van der Waals surface area contributed by atoms with Crippen LogP contribution in [0.4, 0.5) is 5.69 Å². The van der Waals surface area contributed by atoms with Gasteiger partial charge in [-0.15, -0.1) is 0 Å². The van der Waals surface area contributed by atoms with Crippen molar-refractivity contribution in [3.8, 4) is 0 Å². The van der Waals surface area contributed by atoms with E-state index in [1.807, 2.05) is 60.9 Å². The lowest BCUT2D eigenvalue weighted by Gasteiger charge is -2.23. The molecule has 4 aromatic carbocycles.